The van der Waals surface area contributed by atoms with Gasteiger partial charge in [-0.3, -0.25) is 0 Å². The molecule has 0 aromatic heterocycles. The van der Waals surface area contributed by atoms with E-state index in [1.165, 1.54) is 36.8 Å². The van der Waals surface area contributed by atoms with Crippen molar-refractivity contribution in [2.24, 2.45) is 17.3 Å². The first kappa shape index (κ1) is 32.4. The third-order valence-electron chi connectivity index (χ3n) is 9.37. The van der Waals surface area contributed by atoms with Gasteiger partial charge in [0.25, 0.3) is 0 Å². The molecule has 2 fully saturated rings. The molecule has 40 heavy (non-hydrogen) atoms. The third-order valence-corrected chi connectivity index (χ3v) is 9.37. The van der Waals surface area contributed by atoms with Crippen LogP contribution in [-0.4, -0.2) is 59.1 Å². The van der Waals surface area contributed by atoms with Crippen LogP contribution in [0.3, 0.4) is 0 Å². The molecule has 4 rings (SSSR count). The lowest BCUT2D eigenvalue weighted by atomic mass is 9.60. The van der Waals surface area contributed by atoms with Gasteiger partial charge >= 0.3 is 0 Å². The standard InChI is InChI=1S/C19H24O4.C15H28O2/c1-19(2,15-3-7-17(8-4-15)22-13-11-20)16-5-9-18(10-6-16)23-14-12-21;1-15(2,11-3-7-13(16)8-4-11)12-5-9-14(17)10-6-12/h3-10,20-21H,11-14H2,1-2H3;11-14,16-17H,3-10H2,1-2H3. The topological polar surface area (TPSA) is 99.4 Å². The van der Waals surface area contributed by atoms with Gasteiger partial charge < -0.3 is 29.9 Å². The first-order valence-electron chi connectivity index (χ1n) is 15.1. The van der Waals surface area contributed by atoms with Crippen molar-refractivity contribution >= 4 is 0 Å². The van der Waals surface area contributed by atoms with Crippen molar-refractivity contribution in [3.8, 4) is 11.5 Å². The minimum Gasteiger partial charge on any atom is -0.491 e. The molecule has 0 heterocycles. The first-order valence-corrected chi connectivity index (χ1v) is 15.1. The maximum Gasteiger partial charge on any atom is 0.119 e. The van der Waals surface area contributed by atoms with Crippen LogP contribution in [0.2, 0.25) is 0 Å². The lowest BCUT2D eigenvalue weighted by Gasteiger charge is -2.46. The van der Waals surface area contributed by atoms with Crippen LogP contribution >= 0.6 is 0 Å². The average molecular weight is 557 g/mol. The highest BCUT2D eigenvalue weighted by Gasteiger charge is 2.40. The summed E-state index contributed by atoms with van der Waals surface area (Å²) in [5.41, 5.74) is 2.60. The number of hydrogen-bond acceptors (Lipinski definition) is 6. The second-order valence-corrected chi connectivity index (χ2v) is 12.7. The van der Waals surface area contributed by atoms with Crippen LogP contribution in [-0.2, 0) is 5.41 Å². The summed E-state index contributed by atoms with van der Waals surface area (Å²) in [5, 5.41) is 36.8. The number of rotatable bonds is 10. The van der Waals surface area contributed by atoms with Crippen molar-refractivity contribution in [2.75, 3.05) is 26.4 Å². The van der Waals surface area contributed by atoms with Gasteiger partial charge in [-0.25, -0.2) is 0 Å². The quantitative estimate of drug-likeness (QED) is 0.292. The number of benzene rings is 2. The zero-order chi connectivity index (χ0) is 29.2. The fourth-order valence-electron chi connectivity index (χ4n) is 6.40. The molecule has 2 aliphatic carbocycles. The zero-order valence-corrected chi connectivity index (χ0v) is 25.0. The fourth-order valence-corrected chi connectivity index (χ4v) is 6.40. The van der Waals surface area contributed by atoms with Gasteiger partial charge in [0, 0.05) is 5.41 Å². The predicted octanol–water partition coefficient (Wildman–Crippen LogP) is 5.87. The van der Waals surface area contributed by atoms with E-state index in [1.807, 2.05) is 48.5 Å². The second kappa shape index (κ2) is 15.2. The van der Waals surface area contributed by atoms with Crippen molar-refractivity contribution < 1.29 is 29.9 Å². The maximum absolute atomic E-state index is 9.60. The average Bonchev–Trinajstić information content (AvgIpc) is 2.96. The van der Waals surface area contributed by atoms with Crippen LogP contribution in [0.5, 0.6) is 11.5 Å². The SMILES string of the molecule is CC(C)(C1CCC(O)CC1)C1CCC(O)CC1.CC(C)(c1ccc(OCCO)cc1)c1ccc(OCCO)cc1. The van der Waals surface area contributed by atoms with Gasteiger partial charge in [-0.15, -0.1) is 0 Å². The van der Waals surface area contributed by atoms with Crippen molar-refractivity contribution in [1.29, 1.82) is 0 Å². The van der Waals surface area contributed by atoms with Gasteiger partial charge in [-0.2, -0.15) is 0 Å². The van der Waals surface area contributed by atoms with Gasteiger partial charge in [-0.1, -0.05) is 52.0 Å². The third kappa shape index (κ3) is 8.94. The maximum atomic E-state index is 9.60. The molecule has 0 unspecified atom stereocenters. The molecule has 224 valence electrons. The first-order chi connectivity index (χ1) is 19.1. The summed E-state index contributed by atoms with van der Waals surface area (Å²) in [4.78, 5) is 0. The second-order valence-electron chi connectivity index (χ2n) is 12.7. The fraction of sp³-hybridized carbons (Fsp3) is 0.647. The van der Waals surface area contributed by atoms with Crippen LogP contribution in [0, 0.1) is 17.3 Å². The molecule has 0 atom stereocenters. The van der Waals surface area contributed by atoms with E-state index in [4.69, 9.17) is 19.7 Å². The lowest BCUT2D eigenvalue weighted by molar-refractivity contribution is 0.00233. The van der Waals surface area contributed by atoms with E-state index in [0.717, 1.165) is 49.0 Å². The largest absolute Gasteiger partial charge is 0.491 e. The highest BCUT2D eigenvalue weighted by Crippen LogP contribution is 2.48. The smallest absolute Gasteiger partial charge is 0.119 e. The summed E-state index contributed by atoms with van der Waals surface area (Å²) in [7, 11) is 0. The molecule has 2 saturated carbocycles. The Hall–Kier alpha value is -2.12. The summed E-state index contributed by atoms with van der Waals surface area (Å²) >= 11 is 0. The molecule has 0 bridgehead atoms. The Morgan fingerprint density at radius 3 is 1.20 bits per heavy atom. The molecule has 0 saturated heterocycles. The van der Waals surface area contributed by atoms with Crippen LogP contribution < -0.4 is 9.47 Å². The Kier molecular flexibility index (Phi) is 12.3. The molecule has 0 aliphatic heterocycles. The number of ether oxygens (including phenoxy) is 2. The molecule has 0 spiro atoms. The molecule has 2 aromatic rings. The van der Waals surface area contributed by atoms with E-state index in [2.05, 4.69) is 27.7 Å². The number of aliphatic hydroxyl groups excluding tert-OH is 4. The molecular weight excluding hydrogens is 504 g/mol. The Balaban J connectivity index is 0.000000230. The zero-order valence-electron chi connectivity index (χ0n) is 25.0. The summed E-state index contributed by atoms with van der Waals surface area (Å²) in [6, 6.07) is 15.9. The predicted molar refractivity (Wildman–Crippen MR) is 160 cm³/mol. The van der Waals surface area contributed by atoms with E-state index in [0.29, 0.717) is 18.6 Å². The van der Waals surface area contributed by atoms with E-state index < -0.39 is 0 Å². The molecule has 0 radical (unpaired) electrons. The van der Waals surface area contributed by atoms with Crippen molar-refractivity contribution in [3.63, 3.8) is 0 Å². The minimum atomic E-state index is -0.148. The van der Waals surface area contributed by atoms with Crippen LogP contribution in [0.15, 0.2) is 48.5 Å². The minimum absolute atomic E-state index is 0.0119. The van der Waals surface area contributed by atoms with Gasteiger partial charge in [0.05, 0.1) is 25.4 Å². The van der Waals surface area contributed by atoms with Crippen molar-refractivity contribution in [2.45, 2.75) is 96.7 Å². The van der Waals surface area contributed by atoms with Crippen LogP contribution in [0.1, 0.15) is 90.2 Å². The van der Waals surface area contributed by atoms with Crippen LogP contribution in [0.25, 0.3) is 0 Å². The van der Waals surface area contributed by atoms with E-state index >= 15 is 0 Å². The van der Waals surface area contributed by atoms with Crippen molar-refractivity contribution in [3.05, 3.63) is 59.7 Å². The highest BCUT2D eigenvalue weighted by atomic mass is 16.5. The van der Waals surface area contributed by atoms with E-state index in [9.17, 15) is 10.2 Å². The molecule has 6 nitrogen and oxygen atoms in total. The number of hydrogen-bond donors (Lipinski definition) is 4. The van der Waals surface area contributed by atoms with Gasteiger partial charge in [0.2, 0.25) is 0 Å². The Morgan fingerprint density at radius 1 is 0.575 bits per heavy atom. The molecular formula is C34H52O6. The van der Waals surface area contributed by atoms with Crippen LogP contribution in [0.4, 0.5) is 0 Å². The van der Waals surface area contributed by atoms with E-state index in [1.54, 1.807) is 0 Å². The van der Waals surface area contributed by atoms with Gasteiger partial charge in [0.1, 0.15) is 24.7 Å². The summed E-state index contributed by atoms with van der Waals surface area (Å²) in [6.07, 6.45) is 8.62. The molecule has 2 aliphatic rings. The molecule has 6 heteroatoms. The summed E-state index contributed by atoms with van der Waals surface area (Å²) < 4.78 is 10.8. The Morgan fingerprint density at radius 2 is 0.900 bits per heavy atom. The molecule has 0 amide bonds. The van der Waals surface area contributed by atoms with Gasteiger partial charge in [-0.05, 0) is 104 Å². The summed E-state index contributed by atoms with van der Waals surface area (Å²) in [6.45, 7) is 9.79. The van der Waals surface area contributed by atoms with Gasteiger partial charge in [0.15, 0.2) is 0 Å². The van der Waals surface area contributed by atoms with E-state index in [-0.39, 0.29) is 30.8 Å². The molecule has 4 N–H and O–H groups in total. The number of aliphatic hydroxyl groups is 4. The summed E-state index contributed by atoms with van der Waals surface area (Å²) in [5.74, 6) is 3.05. The Bertz CT molecular complexity index is 891. The molecule has 2 aromatic carbocycles. The Labute approximate surface area is 241 Å². The lowest BCUT2D eigenvalue weighted by Crippen LogP contribution is -2.38. The monoisotopic (exact) mass is 556 g/mol. The van der Waals surface area contributed by atoms with Crippen molar-refractivity contribution in [1.82, 2.24) is 0 Å². The highest BCUT2D eigenvalue weighted by molar-refractivity contribution is 5.41. The normalized spacial score (nSPS) is 23.6.